The van der Waals surface area contributed by atoms with Gasteiger partial charge in [0.25, 0.3) is 0 Å². The maximum absolute atomic E-state index is 12.2. The van der Waals surface area contributed by atoms with E-state index in [4.69, 9.17) is 0 Å². The number of anilines is 1. The number of alkyl halides is 3. The smallest absolute Gasteiger partial charge is 0.326 e. The Labute approximate surface area is 138 Å². The standard InChI is InChI=1S/C14H19F3N2O4S/c1-4-13(2,3)11(20)18-9-5-7-10(8-6-9)24(22,23)19-12(21)14(15,16)17/h5-8,22-23H,4H2,1-3H3,(H,18,20)(H,19,21). The predicted octanol–water partition coefficient (Wildman–Crippen LogP) is 3.76. The molecular weight excluding hydrogens is 349 g/mol. The van der Waals surface area contributed by atoms with Gasteiger partial charge >= 0.3 is 12.1 Å². The summed E-state index contributed by atoms with van der Waals surface area (Å²) in [6.07, 6.45) is -4.63. The summed E-state index contributed by atoms with van der Waals surface area (Å²) < 4.78 is 57.0. The molecule has 0 saturated carbocycles. The van der Waals surface area contributed by atoms with Gasteiger partial charge in [-0.05, 0) is 30.7 Å². The fraction of sp³-hybridized carbons (Fsp3) is 0.429. The Balaban J connectivity index is 2.87. The van der Waals surface area contributed by atoms with Crippen LogP contribution in [0.15, 0.2) is 29.2 Å². The number of hydrogen-bond acceptors (Lipinski definition) is 4. The molecule has 0 saturated heterocycles. The molecule has 2 amide bonds. The first-order valence-electron chi connectivity index (χ1n) is 6.88. The first kappa shape index (κ1) is 20.3. The minimum Gasteiger partial charge on any atom is -0.326 e. The zero-order valence-electron chi connectivity index (χ0n) is 13.3. The normalized spacial score (nSPS) is 13.3. The second-order valence-electron chi connectivity index (χ2n) is 5.69. The van der Waals surface area contributed by atoms with Gasteiger partial charge in [0.05, 0.1) is 4.90 Å². The van der Waals surface area contributed by atoms with E-state index in [0.29, 0.717) is 12.1 Å². The van der Waals surface area contributed by atoms with Crippen molar-refractivity contribution in [3.05, 3.63) is 24.3 Å². The van der Waals surface area contributed by atoms with Gasteiger partial charge in [-0.15, -0.1) is 0 Å². The van der Waals surface area contributed by atoms with E-state index in [-0.39, 0.29) is 10.8 Å². The molecule has 0 bridgehead atoms. The Hall–Kier alpha value is -1.78. The van der Waals surface area contributed by atoms with Crippen LogP contribution in [-0.4, -0.2) is 27.1 Å². The Bertz CT molecular complexity index is 615. The van der Waals surface area contributed by atoms with E-state index in [9.17, 15) is 31.9 Å². The molecule has 1 aromatic rings. The Morgan fingerprint density at radius 1 is 1.08 bits per heavy atom. The molecule has 1 rings (SSSR count). The summed E-state index contributed by atoms with van der Waals surface area (Å²) in [4.78, 5) is 22.5. The maximum atomic E-state index is 12.2. The summed E-state index contributed by atoms with van der Waals surface area (Å²) in [5, 5.41) is 2.62. The van der Waals surface area contributed by atoms with Gasteiger partial charge in [0.1, 0.15) is 0 Å². The van der Waals surface area contributed by atoms with Crippen molar-refractivity contribution in [1.29, 1.82) is 0 Å². The third kappa shape index (κ3) is 5.11. The molecule has 0 radical (unpaired) electrons. The fourth-order valence-electron chi connectivity index (χ4n) is 1.43. The van der Waals surface area contributed by atoms with E-state index in [2.05, 4.69) is 5.32 Å². The summed E-state index contributed by atoms with van der Waals surface area (Å²) in [6, 6.07) is 4.82. The molecule has 0 aromatic heterocycles. The van der Waals surface area contributed by atoms with Gasteiger partial charge in [-0.3, -0.25) is 18.7 Å². The van der Waals surface area contributed by atoms with Crippen molar-refractivity contribution in [1.82, 2.24) is 4.72 Å². The van der Waals surface area contributed by atoms with E-state index >= 15 is 0 Å². The van der Waals surface area contributed by atoms with Crippen molar-refractivity contribution in [3.63, 3.8) is 0 Å². The zero-order chi connectivity index (χ0) is 18.8. The molecule has 0 fully saturated rings. The SMILES string of the molecule is CCC(C)(C)C(=O)Nc1ccc(S(O)(O)NC(=O)C(F)(F)F)cc1. The molecule has 10 heteroatoms. The average Bonchev–Trinajstić information content (AvgIpc) is 2.46. The minimum absolute atomic E-state index is 0.255. The highest BCUT2D eigenvalue weighted by molar-refractivity contribution is 8.23. The average molecular weight is 368 g/mol. The Morgan fingerprint density at radius 2 is 1.58 bits per heavy atom. The van der Waals surface area contributed by atoms with Gasteiger partial charge in [-0.25, -0.2) is 4.72 Å². The molecule has 0 unspecified atom stereocenters. The lowest BCUT2D eigenvalue weighted by Crippen LogP contribution is -2.38. The largest absolute Gasteiger partial charge is 0.472 e. The van der Waals surface area contributed by atoms with Crippen LogP contribution in [0.4, 0.5) is 18.9 Å². The molecule has 0 aliphatic rings. The van der Waals surface area contributed by atoms with Crippen LogP contribution in [0.2, 0.25) is 0 Å². The highest BCUT2D eigenvalue weighted by Gasteiger charge is 2.41. The van der Waals surface area contributed by atoms with Gasteiger partial charge in [0, 0.05) is 11.1 Å². The molecule has 1 aromatic carbocycles. The number of halogens is 3. The van der Waals surface area contributed by atoms with Crippen LogP contribution in [-0.2, 0) is 9.59 Å². The lowest BCUT2D eigenvalue weighted by molar-refractivity contribution is -0.171. The second kappa shape index (κ2) is 6.99. The lowest BCUT2D eigenvalue weighted by Gasteiger charge is -2.33. The van der Waals surface area contributed by atoms with E-state index in [1.165, 1.54) is 12.1 Å². The summed E-state index contributed by atoms with van der Waals surface area (Å²) in [7, 11) is -4.15. The molecule has 136 valence electrons. The molecule has 6 nitrogen and oxygen atoms in total. The van der Waals surface area contributed by atoms with Crippen LogP contribution in [0.3, 0.4) is 0 Å². The van der Waals surface area contributed by atoms with Gasteiger partial charge in [-0.1, -0.05) is 31.5 Å². The van der Waals surface area contributed by atoms with Crippen LogP contribution in [0.1, 0.15) is 27.2 Å². The summed E-state index contributed by atoms with van der Waals surface area (Å²) in [5.74, 6) is -2.71. The van der Waals surface area contributed by atoms with E-state index < -0.39 is 28.3 Å². The number of rotatable bonds is 5. The highest BCUT2D eigenvalue weighted by Crippen LogP contribution is 2.45. The molecular formula is C14H19F3N2O4S. The number of carbonyl (C=O) groups is 2. The maximum Gasteiger partial charge on any atom is 0.472 e. The van der Waals surface area contributed by atoms with Crippen molar-refractivity contribution in [3.8, 4) is 0 Å². The van der Waals surface area contributed by atoms with Crippen molar-refractivity contribution < 1.29 is 31.9 Å². The Kier molecular flexibility index (Phi) is 5.91. The van der Waals surface area contributed by atoms with Gasteiger partial charge in [-0.2, -0.15) is 13.2 Å². The lowest BCUT2D eigenvalue weighted by atomic mass is 9.89. The topological polar surface area (TPSA) is 98.7 Å². The van der Waals surface area contributed by atoms with Crippen LogP contribution < -0.4 is 10.0 Å². The predicted molar refractivity (Wildman–Crippen MR) is 84.5 cm³/mol. The van der Waals surface area contributed by atoms with Gasteiger partial charge in [0.15, 0.2) is 0 Å². The fourth-order valence-corrected chi connectivity index (χ4v) is 2.44. The third-order valence-electron chi connectivity index (χ3n) is 3.43. The van der Waals surface area contributed by atoms with Gasteiger partial charge in [0.2, 0.25) is 5.91 Å². The number of carbonyl (C=O) groups excluding carboxylic acids is 2. The molecule has 0 spiro atoms. The first-order valence-corrected chi connectivity index (χ1v) is 8.43. The molecule has 0 aliphatic carbocycles. The van der Waals surface area contributed by atoms with Crippen molar-refractivity contribution >= 4 is 28.3 Å². The number of amides is 2. The molecule has 0 heterocycles. The second-order valence-corrected chi connectivity index (χ2v) is 7.47. The van der Waals surface area contributed by atoms with Crippen LogP contribution in [0, 0.1) is 5.41 Å². The van der Waals surface area contributed by atoms with Crippen molar-refractivity contribution in [2.24, 2.45) is 5.41 Å². The Morgan fingerprint density at radius 3 is 2.00 bits per heavy atom. The summed E-state index contributed by atoms with van der Waals surface area (Å²) in [5.41, 5.74) is -0.273. The van der Waals surface area contributed by atoms with Crippen molar-refractivity contribution in [2.45, 2.75) is 38.3 Å². The van der Waals surface area contributed by atoms with Crippen LogP contribution in [0.25, 0.3) is 0 Å². The zero-order valence-corrected chi connectivity index (χ0v) is 14.1. The number of benzene rings is 1. The van der Waals surface area contributed by atoms with Crippen LogP contribution in [0.5, 0.6) is 0 Å². The summed E-state index contributed by atoms with van der Waals surface area (Å²) in [6.45, 7) is 5.35. The molecule has 24 heavy (non-hydrogen) atoms. The van der Waals surface area contributed by atoms with Crippen LogP contribution >= 0.6 is 10.8 Å². The van der Waals surface area contributed by atoms with E-state index in [1.54, 1.807) is 13.8 Å². The van der Waals surface area contributed by atoms with Crippen molar-refractivity contribution in [2.75, 3.05) is 5.32 Å². The molecule has 0 atom stereocenters. The quantitative estimate of drug-likeness (QED) is 0.636. The third-order valence-corrected chi connectivity index (χ3v) is 4.83. The molecule has 4 N–H and O–H groups in total. The monoisotopic (exact) mass is 368 g/mol. The molecule has 0 aliphatic heterocycles. The minimum atomic E-state index is -5.23. The summed E-state index contributed by atoms with van der Waals surface area (Å²) >= 11 is 0. The van der Waals surface area contributed by atoms with E-state index in [1.807, 2.05) is 6.92 Å². The van der Waals surface area contributed by atoms with E-state index in [0.717, 1.165) is 16.9 Å². The highest BCUT2D eigenvalue weighted by atomic mass is 32.3. The van der Waals surface area contributed by atoms with Gasteiger partial charge < -0.3 is 5.32 Å². The number of hydrogen-bond donors (Lipinski definition) is 4. The first-order chi connectivity index (χ1) is 10.8. The number of nitrogens with one attached hydrogen (secondary N) is 2.